The summed E-state index contributed by atoms with van der Waals surface area (Å²) in [5, 5.41) is 4.96. The van der Waals surface area contributed by atoms with E-state index in [2.05, 4.69) is 20.3 Å². The topological polar surface area (TPSA) is 89.5 Å². The molecule has 0 aliphatic carbocycles. The van der Waals surface area contributed by atoms with E-state index in [-0.39, 0.29) is 18.1 Å². The molecule has 0 radical (unpaired) electrons. The van der Waals surface area contributed by atoms with Gasteiger partial charge in [0.1, 0.15) is 0 Å². The van der Waals surface area contributed by atoms with Crippen LogP contribution in [-0.2, 0) is 16.1 Å². The van der Waals surface area contributed by atoms with Gasteiger partial charge >= 0.3 is 0 Å². The molecule has 9 heteroatoms. The van der Waals surface area contributed by atoms with Gasteiger partial charge in [-0.3, -0.25) is 4.79 Å². The Morgan fingerprint density at radius 3 is 3.00 bits per heavy atom. The summed E-state index contributed by atoms with van der Waals surface area (Å²) in [5.41, 5.74) is 3.77. The second-order valence-electron chi connectivity index (χ2n) is 6.34. The number of anilines is 1. The zero-order valence-corrected chi connectivity index (χ0v) is 16.0. The fraction of sp³-hybridized carbons (Fsp3) is 0.529. The molecular weight excluding hydrogens is 354 g/mol. The molecule has 2 aromatic rings. The van der Waals surface area contributed by atoms with E-state index in [1.54, 1.807) is 23.5 Å². The molecule has 0 unspecified atom stereocenters. The van der Waals surface area contributed by atoms with Gasteiger partial charge in [-0.25, -0.2) is 15.0 Å². The van der Waals surface area contributed by atoms with Crippen LogP contribution in [0, 0.1) is 6.92 Å². The highest BCUT2D eigenvalue weighted by Gasteiger charge is 2.29. The van der Waals surface area contributed by atoms with Crippen molar-refractivity contribution < 1.29 is 14.3 Å². The monoisotopic (exact) mass is 377 g/mol. The van der Waals surface area contributed by atoms with Crippen molar-refractivity contribution in [3.8, 4) is 0 Å². The zero-order valence-electron chi connectivity index (χ0n) is 15.1. The molecule has 1 saturated heterocycles. The Balaban J connectivity index is 1.64. The first-order valence-electron chi connectivity index (χ1n) is 8.43. The van der Waals surface area contributed by atoms with Crippen molar-refractivity contribution in [1.82, 2.24) is 20.3 Å². The van der Waals surface area contributed by atoms with Crippen molar-refractivity contribution in [2.75, 3.05) is 32.2 Å². The molecular formula is C17H23N5O3S. The van der Waals surface area contributed by atoms with Crippen molar-refractivity contribution in [3.63, 3.8) is 0 Å². The van der Waals surface area contributed by atoms with Crippen LogP contribution in [0.5, 0.6) is 0 Å². The van der Waals surface area contributed by atoms with Gasteiger partial charge in [0, 0.05) is 32.3 Å². The third kappa shape index (κ3) is 4.54. The minimum Gasteiger partial charge on any atom is -0.379 e. The summed E-state index contributed by atoms with van der Waals surface area (Å²) < 4.78 is 11.5. The van der Waals surface area contributed by atoms with Crippen molar-refractivity contribution in [3.05, 3.63) is 34.0 Å². The summed E-state index contributed by atoms with van der Waals surface area (Å²) in [4.78, 5) is 27.3. The van der Waals surface area contributed by atoms with Crippen LogP contribution in [0.1, 0.15) is 28.2 Å². The molecule has 0 saturated carbocycles. The average molecular weight is 377 g/mol. The fourth-order valence-corrected chi connectivity index (χ4v) is 3.24. The van der Waals surface area contributed by atoms with Gasteiger partial charge in [0.2, 0.25) is 5.95 Å². The molecule has 0 bridgehead atoms. The van der Waals surface area contributed by atoms with Gasteiger partial charge in [-0.1, -0.05) is 0 Å². The molecule has 8 nitrogen and oxygen atoms in total. The normalized spacial score (nSPS) is 20.0. The molecule has 3 rings (SSSR count). The fourth-order valence-electron chi connectivity index (χ4n) is 2.69. The number of nitrogens with one attached hydrogen (secondary N) is 1. The number of amides is 1. The van der Waals surface area contributed by atoms with E-state index in [0.717, 1.165) is 12.1 Å². The highest BCUT2D eigenvalue weighted by atomic mass is 32.1. The molecule has 0 aromatic carbocycles. The Bertz CT molecular complexity index is 738. The van der Waals surface area contributed by atoms with E-state index >= 15 is 0 Å². The smallest absolute Gasteiger partial charge is 0.255 e. The average Bonchev–Trinajstić information content (AvgIpc) is 3.14. The summed E-state index contributed by atoms with van der Waals surface area (Å²) >= 11 is 1.54. The second kappa shape index (κ2) is 8.52. The minimum atomic E-state index is -0.220. The minimum absolute atomic E-state index is 0.114. The highest BCUT2D eigenvalue weighted by molar-refractivity contribution is 7.07. The lowest BCUT2D eigenvalue weighted by Gasteiger charge is -2.32. The van der Waals surface area contributed by atoms with Crippen LogP contribution >= 0.6 is 11.3 Å². The Kier molecular flexibility index (Phi) is 6.12. The van der Waals surface area contributed by atoms with E-state index in [1.165, 1.54) is 11.3 Å². The molecule has 0 spiro atoms. The van der Waals surface area contributed by atoms with Crippen molar-refractivity contribution in [2.45, 2.75) is 32.1 Å². The van der Waals surface area contributed by atoms with Gasteiger partial charge in [-0.2, -0.15) is 0 Å². The number of carbonyl (C=O) groups excluding carboxylic acids is 1. The summed E-state index contributed by atoms with van der Waals surface area (Å²) in [6.07, 6.45) is 2.17. The van der Waals surface area contributed by atoms with Gasteiger partial charge in [-0.15, -0.1) is 11.3 Å². The number of thiazole rings is 1. The Labute approximate surface area is 156 Å². The van der Waals surface area contributed by atoms with Gasteiger partial charge in [0.25, 0.3) is 5.91 Å². The van der Waals surface area contributed by atoms with Crippen LogP contribution < -0.4 is 10.2 Å². The summed E-state index contributed by atoms with van der Waals surface area (Å²) in [6, 6.07) is -0.220. The van der Waals surface area contributed by atoms with Crippen LogP contribution in [0.15, 0.2) is 17.1 Å². The van der Waals surface area contributed by atoms with E-state index in [4.69, 9.17) is 9.47 Å². The van der Waals surface area contributed by atoms with Crippen LogP contribution in [-0.4, -0.2) is 60.3 Å². The molecule has 2 aromatic heterocycles. The first-order valence-corrected chi connectivity index (χ1v) is 9.37. The molecule has 26 heavy (non-hydrogen) atoms. The third-order valence-corrected chi connectivity index (χ3v) is 4.78. The van der Waals surface area contributed by atoms with E-state index in [1.807, 2.05) is 19.5 Å². The summed E-state index contributed by atoms with van der Waals surface area (Å²) in [6.45, 7) is 3.27. The molecule has 140 valence electrons. The quantitative estimate of drug-likeness (QED) is 0.814. The van der Waals surface area contributed by atoms with E-state index in [9.17, 15) is 4.79 Å². The Hall–Kier alpha value is -2.10. The standard InChI is InChI=1S/C17H23N5O3S/c1-11-13(6-18-17(20-11)22(2)3)16(23)21-14-8-24-5-4-15(14)25-7-12-9-26-10-19-12/h6,9-10,14-15H,4-5,7-8H2,1-3H3,(H,21,23)/t14-,15+/m1/s1. The first-order chi connectivity index (χ1) is 12.5. The highest BCUT2D eigenvalue weighted by Crippen LogP contribution is 2.16. The van der Waals surface area contributed by atoms with Crippen molar-refractivity contribution >= 4 is 23.2 Å². The molecule has 1 N–H and O–H groups in total. The molecule has 1 fully saturated rings. The molecule has 1 amide bonds. The largest absolute Gasteiger partial charge is 0.379 e. The van der Waals surface area contributed by atoms with Crippen LogP contribution in [0.25, 0.3) is 0 Å². The van der Waals surface area contributed by atoms with Gasteiger partial charge in [0.15, 0.2) is 0 Å². The zero-order chi connectivity index (χ0) is 18.5. The lowest BCUT2D eigenvalue weighted by Crippen LogP contribution is -2.50. The van der Waals surface area contributed by atoms with Gasteiger partial charge in [0.05, 0.1) is 47.8 Å². The predicted octanol–water partition coefficient (Wildman–Crippen LogP) is 1.41. The maximum Gasteiger partial charge on any atom is 0.255 e. The van der Waals surface area contributed by atoms with E-state index < -0.39 is 0 Å². The molecule has 1 aliphatic rings. The number of ether oxygens (including phenoxy) is 2. The van der Waals surface area contributed by atoms with Gasteiger partial charge < -0.3 is 19.7 Å². The number of hydrogen-bond acceptors (Lipinski definition) is 8. The van der Waals surface area contributed by atoms with Crippen LogP contribution in [0.3, 0.4) is 0 Å². The number of nitrogens with zero attached hydrogens (tertiary/aromatic N) is 4. The lowest BCUT2D eigenvalue weighted by atomic mass is 10.1. The summed E-state index contributed by atoms with van der Waals surface area (Å²) in [5.74, 6) is 0.357. The predicted molar refractivity (Wildman–Crippen MR) is 98.5 cm³/mol. The SMILES string of the molecule is Cc1nc(N(C)C)ncc1C(=O)N[C@@H]1COCC[C@@H]1OCc1cscn1. The van der Waals surface area contributed by atoms with Crippen molar-refractivity contribution in [1.29, 1.82) is 0 Å². The molecule has 3 heterocycles. The van der Waals surface area contributed by atoms with Crippen LogP contribution in [0.2, 0.25) is 0 Å². The third-order valence-electron chi connectivity index (χ3n) is 4.15. The second-order valence-corrected chi connectivity index (χ2v) is 7.05. The molecule has 2 atom stereocenters. The number of aryl methyl sites for hydroxylation is 1. The van der Waals surface area contributed by atoms with Crippen molar-refractivity contribution in [2.24, 2.45) is 0 Å². The first kappa shape index (κ1) is 18.7. The number of carbonyl (C=O) groups is 1. The number of rotatable bonds is 6. The maximum absolute atomic E-state index is 12.7. The maximum atomic E-state index is 12.7. The van der Waals surface area contributed by atoms with Crippen LogP contribution in [0.4, 0.5) is 5.95 Å². The van der Waals surface area contributed by atoms with E-state index in [0.29, 0.717) is 37.0 Å². The number of aromatic nitrogens is 3. The lowest BCUT2D eigenvalue weighted by molar-refractivity contribution is -0.0611. The number of hydrogen-bond donors (Lipinski definition) is 1. The Morgan fingerprint density at radius 1 is 1.46 bits per heavy atom. The Morgan fingerprint density at radius 2 is 2.31 bits per heavy atom. The molecule has 1 aliphatic heterocycles. The summed E-state index contributed by atoms with van der Waals surface area (Å²) in [7, 11) is 3.72. The van der Waals surface area contributed by atoms with Gasteiger partial charge in [-0.05, 0) is 13.3 Å².